The van der Waals surface area contributed by atoms with E-state index in [0.29, 0.717) is 24.8 Å². The van der Waals surface area contributed by atoms with Crippen LogP contribution >= 0.6 is 34.8 Å². The highest BCUT2D eigenvalue weighted by Crippen LogP contribution is 2.35. The van der Waals surface area contributed by atoms with E-state index in [1.165, 1.54) is 4.90 Å². The first-order chi connectivity index (χ1) is 27.9. The third-order valence-corrected chi connectivity index (χ3v) is 10.4. The largest absolute Gasteiger partial charge is 0.458 e. The van der Waals surface area contributed by atoms with Crippen LogP contribution < -0.4 is 21.3 Å². The number of rotatable bonds is 16. The molecule has 1 aliphatic carbocycles. The van der Waals surface area contributed by atoms with Crippen molar-refractivity contribution in [2.75, 3.05) is 19.7 Å². The van der Waals surface area contributed by atoms with E-state index < -0.39 is 88.2 Å². The van der Waals surface area contributed by atoms with E-state index in [1.807, 2.05) is 30.3 Å². The lowest BCUT2D eigenvalue weighted by Crippen LogP contribution is -2.58. The number of ketones is 1. The molecule has 5 atom stereocenters. The molecule has 0 aromatic heterocycles. The summed E-state index contributed by atoms with van der Waals surface area (Å²) < 4.78 is 8.74. The van der Waals surface area contributed by atoms with Gasteiger partial charge in [-0.05, 0) is 63.5 Å². The summed E-state index contributed by atoms with van der Waals surface area (Å²) >= 11 is 17.4. The molecule has 2 aromatic carbocycles. The Kier molecular flexibility index (Phi) is 17.4. The first kappa shape index (κ1) is 47.3. The minimum Gasteiger partial charge on any atom is -0.458 e. The number of nitrogens with zero attached hydrogens (tertiary/aromatic N) is 1. The summed E-state index contributed by atoms with van der Waals surface area (Å²) in [6.07, 6.45) is 3.72. The standard InChI is InChI=1S/C42H54Cl3N5O9/c1-5-15-30(35(52)37(54)46-23-32(51)48-34(28-20-13-8-14-21-28)39(56)59-41(2,3)4)47-36(53)31-22-29(26-16-9-6-10-17-26)24-50(31)38(55)33(27-18-11-7-12-19-27)49-40(57)58-25-42(43,44)45/h6,8-10,13-14,16-17,20-21,27,29-31,33-34H,5,7,11-12,15,18-19,22-25H2,1-4H3,(H,46,54)(H,47,53)(H,48,51)(H,49,57)/t29-,30?,31+,33+,34+/m1/s1. The fraction of sp³-hybridized carbons (Fsp3) is 0.548. The number of alkyl carbamates (subject to hydrolysis) is 1. The second kappa shape index (κ2) is 21.7. The van der Waals surface area contributed by atoms with Crippen molar-refractivity contribution in [3.63, 3.8) is 0 Å². The van der Waals surface area contributed by atoms with E-state index in [1.54, 1.807) is 58.0 Å². The zero-order chi connectivity index (χ0) is 43.3. The van der Waals surface area contributed by atoms with Gasteiger partial charge in [0.1, 0.15) is 24.3 Å². The van der Waals surface area contributed by atoms with E-state index in [2.05, 4.69) is 21.3 Å². The summed E-state index contributed by atoms with van der Waals surface area (Å²) in [7, 11) is 0. The molecule has 14 nitrogen and oxygen atoms in total. The molecule has 0 bridgehead atoms. The molecule has 0 radical (unpaired) electrons. The molecule has 17 heteroatoms. The Morgan fingerprint density at radius 1 is 0.847 bits per heavy atom. The fourth-order valence-corrected chi connectivity index (χ4v) is 7.53. The van der Waals surface area contributed by atoms with Crippen molar-refractivity contribution < 1.29 is 43.0 Å². The van der Waals surface area contributed by atoms with Gasteiger partial charge in [0.05, 0.1) is 12.6 Å². The van der Waals surface area contributed by atoms with E-state index in [4.69, 9.17) is 44.3 Å². The Morgan fingerprint density at radius 3 is 2.07 bits per heavy atom. The Hall–Kier alpha value is -4.40. The number of alkyl halides is 3. The minimum absolute atomic E-state index is 0.0863. The second-order valence-corrected chi connectivity index (χ2v) is 18.4. The average Bonchev–Trinajstić information content (AvgIpc) is 3.65. The molecular formula is C42H54Cl3N5O9. The van der Waals surface area contributed by atoms with E-state index >= 15 is 0 Å². The number of esters is 1. The van der Waals surface area contributed by atoms with Crippen molar-refractivity contribution >= 4 is 76.3 Å². The van der Waals surface area contributed by atoms with Crippen LogP contribution in [-0.2, 0) is 38.2 Å². The van der Waals surface area contributed by atoms with E-state index in [-0.39, 0.29) is 31.2 Å². The molecule has 5 amide bonds. The van der Waals surface area contributed by atoms with Crippen LogP contribution in [0.2, 0.25) is 0 Å². The molecule has 2 aromatic rings. The normalized spacial score (nSPS) is 18.7. The van der Waals surface area contributed by atoms with Gasteiger partial charge in [-0.1, -0.05) is 128 Å². The van der Waals surface area contributed by atoms with Gasteiger partial charge in [-0.15, -0.1) is 0 Å². The van der Waals surface area contributed by atoms with Gasteiger partial charge in [0.2, 0.25) is 27.3 Å². The molecule has 1 saturated heterocycles. The van der Waals surface area contributed by atoms with Gasteiger partial charge in [-0.3, -0.25) is 24.0 Å². The third kappa shape index (κ3) is 14.7. The van der Waals surface area contributed by atoms with Crippen LogP contribution in [0, 0.1) is 5.92 Å². The highest BCUT2D eigenvalue weighted by atomic mass is 35.6. The number of likely N-dealkylation sites (tertiary alicyclic amines) is 1. The van der Waals surface area contributed by atoms with Crippen molar-refractivity contribution in [3.8, 4) is 0 Å². The maximum atomic E-state index is 14.6. The molecule has 4 rings (SSSR count). The van der Waals surface area contributed by atoms with Gasteiger partial charge >= 0.3 is 12.1 Å². The Bertz CT molecular complexity index is 1780. The topological polar surface area (TPSA) is 189 Å². The van der Waals surface area contributed by atoms with Crippen LogP contribution in [0.3, 0.4) is 0 Å². The first-order valence-electron chi connectivity index (χ1n) is 19.9. The lowest BCUT2D eigenvalue weighted by molar-refractivity contribution is -0.158. The highest BCUT2D eigenvalue weighted by molar-refractivity contribution is 6.67. The van der Waals surface area contributed by atoms with Crippen LogP contribution in [0.15, 0.2) is 60.7 Å². The summed E-state index contributed by atoms with van der Waals surface area (Å²) in [5.41, 5.74) is 0.512. The highest BCUT2D eigenvalue weighted by Gasteiger charge is 2.45. The first-order valence-corrected chi connectivity index (χ1v) is 21.0. The number of hydrogen-bond acceptors (Lipinski definition) is 9. The summed E-state index contributed by atoms with van der Waals surface area (Å²) in [5.74, 6) is -5.24. The van der Waals surface area contributed by atoms with Crippen molar-refractivity contribution in [3.05, 3.63) is 71.8 Å². The summed E-state index contributed by atoms with van der Waals surface area (Å²) in [5, 5.41) is 10.3. The molecule has 0 spiro atoms. The molecule has 1 heterocycles. The molecule has 59 heavy (non-hydrogen) atoms. The lowest BCUT2D eigenvalue weighted by Gasteiger charge is -2.34. The van der Waals surface area contributed by atoms with Gasteiger partial charge in [-0.2, -0.15) is 0 Å². The molecule has 1 unspecified atom stereocenters. The van der Waals surface area contributed by atoms with Crippen molar-refractivity contribution in [2.45, 2.75) is 119 Å². The monoisotopic (exact) mass is 877 g/mol. The summed E-state index contributed by atoms with van der Waals surface area (Å²) in [6.45, 7) is 5.80. The predicted octanol–water partition coefficient (Wildman–Crippen LogP) is 5.59. The molecule has 2 fully saturated rings. The van der Waals surface area contributed by atoms with Crippen LogP contribution in [0.5, 0.6) is 0 Å². The Balaban J connectivity index is 1.49. The van der Waals surface area contributed by atoms with Crippen molar-refractivity contribution in [1.82, 2.24) is 26.2 Å². The average molecular weight is 879 g/mol. The van der Waals surface area contributed by atoms with Crippen LogP contribution in [-0.4, -0.2) is 93.6 Å². The molecule has 4 N–H and O–H groups in total. The third-order valence-electron chi connectivity index (χ3n) is 10.1. The molecule has 1 aliphatic heterocycles. The maximum Gasteiger partial charge on any atom is 0.407 e. The van der Waals surface area contributed by atoms with Crippen LogP contribution in [0.4, 0.5) is 4.79 Å². The Labute approximate surface area is 360 Å². The van der Waals surface area contributed by atoms with E-state index in [9.17, 15) is 33.6 Å². The number of carbonyl (C=O) groups excluding carboxylic acids is 7. The van der Waals surface area contributed by atoms with Gasteiger partial charge in [-0.25, -0.2) is 9.59 Å². The second-order valence-electron chi connectivity index (χ2n) is 15.9. The molecule has 2 aliphatic rings. The number of benzene rings is 2. The number of hydrogen-bond donors (Lipinski definition) is 4. The number of carbonyl (C=O) groups is 7. The van der Waals surface area contributed by atoms with Crippen molar-refractivity contribution in [1.29, 1.82) is 0 Å². The SMILES string of the molecule is CCCC(NC(=O)[C@@H]1C[C@@H](c2ccccc2)CN1C(=O)[C@@H](NC(=O)OCC(Cl)(Cl)Cl)C1CCCCC1)C(=O)C(=O)NCC(=O)N[C@H](C(=O)OC(C)(C)C)c1ccccc1. The van der Waals surface area contributed by atoms with E-state index in [0.717, 1.165) is 24.8 Å². The van der Waals surface area contributed by atoms with Crippen LogP contribution in [0.1, 0.15) is 102 Å². The van der Waals surface area contributed by atoms with Gasteiger partial charge in [0.25, 0.3) is 5.91 Å². The number of amides is 5. The smallest absolute Gasteiger partial charge is 0.407 e. The zero-order valence-corrected chi connectivity index (χ0v) is 36.0. The Morgan fingerprint density at radius 2 is 1.47 bits per heavy atom. The minimum atomic E-state index is -1.87. The number of halogens is 3. The van der Waals surface area contributed by atoms with Gasteiger partial charge in [0, 0.05) is 12.5 Å². The fourth-order valence-electron chi connectivity index (χ4n) is 7.37. The lowest BCUT2D eigenvalue weighted by atomic mass is 9.83. The predicted molar refractivity (Wildman–Crippen MR) is 222 cm³/mol. The number of Topliss-reactive ketones (excluding diaryl/α,β-unsaturated/α-hetero) is 1. The molecule has 1 saturated carbocycles. The van der Waals surface area contributed by atoms with Crippen molar-refractivity contribution in [2.24, 2.45) is 5.92 Å². The number of nitrogens with one attached hydrogen (secondary N) is 4. The van der Waals surface area contributed by atoms with Gasteiger partial charge in [0.15, 0.2) is 6.04 Å². The number of ether oxygens (including phenoxy) is 2. The maximum absolute atomic E-state index is 14.6. The molecular weight excluding hydrogens is 825 g/mol. The zero-order valence-electron chi connectivity index (χ0n) is 33.8. The van der Waals surface area contributed by atoms with Gasteiger partial charge < -0.3 is 35.6 Å². The summed E-state index contributed by atoms with van der Waals surface area (Å²) in [4.78, 5) is 96.0. The molecule has 322 valence electrons. The summed E-state index contributed by atoms with van der Waals surface area (Å²) in [6, 6.07) is 13.2. The van der Waals surface area contributed by atoms with Crippen LogP contribution in [0.25, 0.3) is 0 Å². The quantitative estimate of drug-likeness (QED) is 0.0948.